The number of piperazine rings is 1. The van der Waals surface area contributed by atoms with Gasteiger partial charge in [0.2, 0.25) is 0 Å². The number of rotatable bonds is 6. The van der Waals surface area contributed by atoms with E-state index in [9.17, 15) is 8.78 Å². The molecule has 1 rings (SSSR count). The lowest BCUT2D eigenvalue weighted by Gasteiger charge is -2.41. The van der Waals surface area contributed by atoms with E-state index >= 15 is 0 Å². The van der Waals surface area contributed by atoms with E-state index < -0.39 is 6.43 Å². The van der Waals surface area contributed by atoms with Gasteiger partial charge in [0.25, 0.3) is 6.43 Å². The van der Waals surface area contributed by atoms with Gasteiger partial charge in [-0.05, 0) is 24.7 Å². The van der Waals surface area contributed by atoms with E-state index in [4.69, 9.17) is 0 Å². The van der Waals surface area contributed by atoms with Crippen molar-refractivity contribution in [3.63, 3.8) is 0 Å². The number of halogens is 2. The van der Waals surface area contributed by atoms with Crippen LogP contribution in [0.15, 0.2) is 0 Å². The number of alkyl halides is 2. The van der Waals surface area contributed by atoms with Crippen molar-refractivity contribution < 1.29 is 8.78 Å². The molecule has 1 saturated heterocycles. The van der Waals surface area contributed by atoms with Crippen LogP contribution in [0.2, 0.25) is 0 Å². The van der Waals surface area contributed by atoms with E-state index in [1.807, 2.05) is 4.90 Å². The van der Waals surface area contributed by atoms with E-state index in [1.54, 1.807) is 0 Å². The van der Waals surface area contributed by atoms with E-state index in [0.717, 1.165) is 25.9 Å². The molecule has 4 heteroatoms. The molecule has 0 aromatic rings. The first-order valence-corrected chi connectivity index (χ1v) is 7.14. The molecule has 0 saturated carbocycles. The molecule has 0 amide bonds. The fourth-order valence-electron chi connectivity index (χ4n) is 2.83. The summed E-state index contributed by atoms with van der Waals surface area (Å²) in [6, 6.07) is 0.634. The number of nitrogens with one attached hydrogen (secondary N) is 1. The zero-order chi connectivity index (χ0) is 13.7. The molecule has 2 nitrogen and oxygen atoms in total. The number of hydrogen-bond donors (Lipinski definition) is 1. The second-order valence-electron chi connectivity index (χ2n) is 6.36. The van der Waals surface area contributed by atoms with Gasteiger partial charge in [0.05, 0.1) is 6.54 Å². The summed E-state index contributed by atoms with van der Waals surface area (Å²) in [6.07, 6.45) is -0.167. The molecule has 0 spiro atoms. The Kier molecular flexibility index (Phi) is 6.50. The highest BCUT2D eigenvalue weighted by Crippen LogP contribution is 2.19. The topological polar surface area (TPSA) is 15.3 Å². The fraction of sp³-hybridized carbons (Fsp3) is 1.00. The highest BCUT2D eigenvalue weighted by Gasteiger charge is 2.30. The average Bonchev–Trinajstić information content (AvgIpc) is 2.19. The second kappa shape index (κ2) is 7.39. The first-order chi connectivity index (χ1) is 8.38. The van der Waals surface area contributed by atoms with Crippen LogP contribution in [0.25, 0.3) is 0 Å². The molecule has 0 aromatic heterocycles. The van der Waals surface area contributed by atoms with Crippen molar-refractivity contribution in [3.8, 4) is 0 Å². The lowest BCUT2D eigenvalue weighted by molar-refractivity contribution is 0.0341. The van der Waals surface area contributed by atoms with Crippen LogP contribution in [0, 0.1) is 11.8 Å². The molecule has 0 aliphatic carbocycles. The van der Waals surface area contributed by atoms with Gasteiger partial charge in [-0.15, -0.1) is 0 Å². The molecule has 1 heterocycles. The minimum absolute atomic E-state index is 0.0757. The predicted molar refractivity (Wildman–Crippen MR) is 72.1 cm³/mol. The maximum absolute atomic E-state index is 12.7. The van der Waals surface area contributed by atoms with Crippen LogP contribution in [0.4, 0.5) is 8.78 Å². The largest absolute Gasteiger partial charge is 0.311 e. The molecule has 0 aromatic carbocycles. The maximum Gasteiger partial charge on any atom is 0.251 e. The molecule has 1 aliphatic heterocycles. The van der Waals surface area contributed by atoms with Gasteiger partial charge < -0.3 is 5.32 Å². The molecule has 1 N–H and O–H groups in total. The van der Waals surface area contributed by atoms with Crippen LogP contribution >= 0.6 is 0 Å². The molecule has 108 valence electrons. The van der Waals surface area contributed by atoms with E-state index in [2.05, 4.69) is 33.0 Å². The minimum atomic E-state index is -2.22. The summed E-state index contributed by atoms with van der Waals surface area (Å²) < 4.78 is 25.3. The van der Waals surface area contributed by atoms with Crippen molar-refractivity contribution in [2.24, 2.45) is 11.8 Å². The van der Waals surface area contributed by atoms with Crippen LogP contribution in [0.5, 0.6) is 0 Å². The first kappa shape index (κ1) is 15.8. The van der Waals surface area contributed by atoms with Gasteiger partial charge >= 0.3 is 0 Å². The van der Waals surface area contributed by atoms with Crippen LogP contribution in [0.3, 0.4) is 0 Å². The lowest BCUT2D eigenvalue weighted by atomic mass is 9.95. The minimum Gasteiger partial charge on any atom is -0.311 e. The van der Waals surface area contributed by atoms with Crippen molar-refractivity contribution in [1.29, 1.82) is 0 Å². The Bertz CT molecular complexity index is 232. The van der Waals surface area contributed by atoms with Crippen LogP contribution in [-0.4, -0.2) is 43.0 Å². The summed E-state index contributed by atoms with van der Waals surface area (Å²) in [5.41, 5.74) is 0. The Morgan fingerprint density at radius 2 is 1.72 bits per heavy atom. The van der Waals surface area contributed by atoms with Gasteiger partial charge in [-0.25, -0.2) is 8.78 Å². The Balaban J connectivity index is 2.54. The normalized spacial score (nSPS) is 26.5. The number of hydrogen-bond acceptors (Lipinski definition) is 2. The summed E-state index contributed by atoms with van der Waals surface area (Å²) >= 11 is 0. The molecule has 1 aliphatic rings. The van der Waals surface area contributed by atoms with E-state index in [1.165, 1.54) is 0 Å². The van der Waals surface area contributed by atoms with E-state index in [-0.39, 0.29) is 12.6 Å². The van der Waals surface area contributed by atoms with Gasteiger partial charge in [0.15, 0.2) is 0 Å². The standard InChI is InChI=1S/C14H28F2N2/c1-10(2)5-12-8-18(9-14(15)16)13(7-17-12)6-11(3)4/h10-14,17H,5-9H2,1-4H3. The zero-order valence-electron chi connectivity index (χ0n) is 12.1. The Labute approximate surface area is 110 Å². The summed E-state index contributed by atoms with van der Waals surface area (Å²) in [5.74, 6) is 1.16. The molecule has 0 bridgehead atoms. The van der Waals surface area contributed by atoms with E-state index in [0.29, 0.717) is 17.9 Å². The SMILES string of the molecule is CC(C)CC1CN(CC(F)F)C(CC(C)C)CN1. The summed E-state index contributed by atoms with van der Waals surface area (Å²) in [4.78, 5) is 1.99. The molecular formula is C14H28F2N2. The fourth-order valence-corrected chi connectivity index (χ4v) is 2.83. The van der Waals surface area contributed by atoms with Crippen LogP contribution < -0.4 is 5.32 Å². The van der Waals surface area contributed by atoms with Gasteiger partial charge in [0, 0.05) is 25.2 Å². The predicted octanol–water partition coefficient (Wildman–Crippen LogP) is 2.99. The van der Waals surface area contributed by atoms with Crippen LogP contribution in [0.1, 0.15) is 40.5 Å². The average molecular weight is 262 g/mol. The molecule has 1 fully saturated rings. The zero-order valence-corrected chi connectivity index (χ0v) is 12.1. The highest BCUT2D eigenvalue weighted by atomic mass is 19.3. The second-order valence-corrected chi connectivity index (χ2v) is 6.36. The third kappa shape index (κ3) is 5.61. The van der Waals surface area contributed by atoms with Crippen LogP contribution in [-0.2, 0) is 0 Å². The third-order valence-corrected chi connectivity index (χ3v) is 3.49. The molecule has 2 unspecified atom stereocenters. The van der Waals surface area contributed by atoms with Gasteiger partial charge in [-0.1, -0.05) is 27.7 Å². The molecule has 0 radical (unpaired) electrons. The lowest BCUT2D eigenvalue weighted by Crippen LogP contribution is -2.58. The van der Waals surface area contributed by atoms with Crippen molar-refractivity contribution in [3.05, 3.63) is 0 Å². The van der Waals surface area contributed by atoms with Crippen molar-refractivity contribution >= 4 is 0 Å². The molecular weight excluding hydrogens is 234 g/mol. The van der Waals surface area contributed by atoms with Gasteiger partial charge in [-0.3, -0.25) is 4.90 Å². The summed E-state index contributed by atoms with van der Waals surface area (Å²) in [7, 11) is 0. The monoisotopic (exact) mass is 262 g/mol. The van der Waals surface area contributed by atoms with Crippen molar-refractivity contribution in [2.45, 2.75) is 59.0 Å². The Hall–Kier alpha value is -0.220. The van der Waals surface area contributed by atoms with Gasteiger partial charge in [-0.2, -0.15) is 0 Å². The quantitative estimate of drug-likeness (QED) is 0.791. The summed E-state index contributed by atoms with van der Waals surface area (Å²) in [6.45, 7) is 10.2. The third-order valence-electron chi connectivity index (χ3n) is 3.49. The highest BCUT2D eigenvalue weighted by molar-refractivity contribution is 4.87. The van der Waals surface area contributed by atoms with Crippen molar-refractivity contribution in [1.82, 2.24) is 10.2 Å². The van der Waals surface area contributed by atoms with Crippen molar-refractivity contribution in [2.75, 3.05) is 19.6 Å². The Morgan fingerprint density at radius 3 is 2.22 bits per heavy atom. The smallest absolute Gasteiger partial charge is 0.251 e. The molecule has 18 heavy (non-hydrogen) atoms. The summed E-state index contributed by atoms with van der Waals surface area (Å²) in [5, 5.41) is 3.52. The number of nitrogens with zero attached hydrogens (tertiary/aromatic N) is 1. The molecule has 2 atom stereocenters. The maximum atomic E-state index is 12.7. The first-order valence-electron chi connectivity index (χ1n) is 7.14. The Morgan fingerprint density at radius 1 is 1.11 bits per heavy atom. The van der Waals surface area contributed by atoms with Gasteiger partial charge in [0.1, 0.15) is 0 Å².